The number of hydrogen-bond donors (Lipinski definition) is 2. The smallest absolute Gasteiger partial charge is 0.238 e. The van der Waals surface area contributed by atoms with E-state index in [0.717, 1.165) is 5.39 Å². The van der Waals surface area contributed by atoms with Crippen LogP contribution in [0.25, 0.3) is 10.9 Å². The molecular formula is C19H14FN5O3S. The van der Waals surface area contributed by atoms with Crippen LogP contribution in [-0.2, 0) is 10.0 Å². The zero-order valence-corrected chi connectivity index (χ0v) is 15.6. The summed E-state index contributed by atoms with van der Waals surface area (Å²) in [6, 6.07) is 13.9. The lowest BCUT2D eigenvalue weighted by atomic mass is 10.2. The maximum absolute atomic E-state index is 13.0. The molecule has 0 atom stereocenters. The van der Waals surface area contributed by atoms with E-state index in [-0.39, 0.29) is 10.8 Å². The van der Waals surface area contributed by atoms with Crippen molar-refractivity contribution in [2.45, 2.75) is 4.90 Å². The molecule has 0 unspecified atom stereocenters. The number of nitrogens with one attached hydrogen (secondary N) is 1. The van der Waals surface area contributed by atoms with E-state index in [0.29, 0.717) is 22.7 Å². The van der Waals surface area contributed by atoms with Gasteiger partial charge in [-0.2, -0.15) is 4.39 Å². The van der Waals surface area contributed by atoms with Gasteiger partial charge in [0.1, 0.15) is 11.3 Å². The zero-order valence-electron chi connectivity index (χ0n) is 14.8. The predicted octanol–water partition coefficient (Wildman–Crippen LogP) is 3.35. The number of primary sulfonamides is 1. The third-order valence-electron chi connectivity index (χ3n) is 3.94. The van der Waals surface area contributed by atoms with Crippen molar-refractivity contribution < 1.29 is 17.5 Å². The number of nitrogens with zero attached hydrogens (tertiary/aromatic N) is 3. The quantitative estimate of drug-likeness (QED) is 0.483. The molecule has 0 saturated carbocycles. The number of halogens is 1. The number of anilines is 2. The molecule has 0 amide bonds. The Labute approximate surface area is 165 Å². The number of hydrogen-bond acceptors (Lipinski definition) is 7. The molecule has 8 nitrogen and oxygen atoms in total. The number of nitrogens with two attached hydrogens (primary N) is 1. The second kappa shape index (κ2) is 7.41. The van der Waals surface area contributed by atoms with Crippen LogP contribution in [0.4, 0.5) is 16.0 Å². The van der Waals surface area contributed by atoms with Crippen LogP contribution >= 0.6 is 0 Å². The van der Waals surface area contributed by atoms with Crippen molar-refractivity contribution in [1.82, 2.24) is 15.0 Å². The number of aromatic nitrogens is 3. The number of ether oxygens (including phenoxy) is 1. The van der Waals surface area contributed by atoms with Gasteiger partial charge in [-0.15, -0.1) is 0 Å². The van der Waals surface area contributed by atoms with Crippen LogP contribution in [0.5, 0.6) is 11.5 Å². The van der Waals surface area contributed by atoms with Crippen LogP contribution in [0.1, 0.15) is 0 Å². The molecule has 0 fully saturated rings. The Morgan fingerprint density at radius 2 is 1.76 bits per heavy atom. The highest BCUT2D eigenvalue weighted by molar-refractivity contribution is 7.89. The molecule has 0 aliphatic rings. The zero-order chi connectivity index (χ0) is 20.4. The Morgan fingerprint density at radius 3 is 2.45 bits per heavy atom. The topological polar surface area (TPSA) is 120 Å². The molecule has 2 heterocycles. The monoisotopic (exact) mass is 411 g/mol. The van der Waals surface area contributed by atoms with Crippen molar-refractivity contribution in [3.8, 4) is 11.5 Å². The summed E-state index contributed by atoms with van der Waals surface area (Å²) >= 11 is 0. The largest absolute Gasteiger partial charge is 0.453 e. The van der Waals surface area contributed by atoms with Gasteiger partial charge in [0.2, 0.25) is 21.9 Å². The fourth-order valence-corrected chi connectivity index (χ4v) is 3.09. The van der Waals surface area contributed by atoms with Crippen LogP contribution in [0.15, 0.2) is 71.9 Å². The summed E-state index contributed by atoms with van der Waals surface area (Å²) in [4.78, 5) is 12.3. The minimum atomic E-state index is -3.76. The van der Waals surface area contributed by atoms with Crippen molar-refractivity contribution >= 4 is 32.6 Å². The molecule has 146 valence electrons. The average molecular weight is 411 g/mol. The fraction of sp³-hybridized carbons (Fsp3) is 0. The van der Waals surface area contributed by atoms with Gasteiger partial charge in [-0.05, 0) is 42.5 Å². The van der Waals surface area contributed by atoms with Gasteiger partial charge >= 0.3 is 0 Å². The van der Waals surface area contributed by atoms with Gasteiger partial charge in [-0.25, -0.2) is 28.5 Å². The van der Waals surface area contributed by atoms with E-state index in [2.05, 4.69) is 20.3 Å². The third-order valence-corrected chi connectivity index (χ3v) is 4.87. The number of rotatable bonds is 5. The molecule has 0 spiro atoms. The lowest BCUT2D eigenvalue weighted by Crippen LogP contribution is -2.11. The molecule has 10 heteroatoms. The molecule has 0 aliphatic carbocycles. The van der Waals surface area contributed by atoms with Crippen LogP contribution in [0, 0.1) is 5.95 Å². The Hall–Kier alpha value is -3.63. The fourth-order valence-electron chi connectivity index (χ4n) is 2.58. The summed E-state index contributed by atoms with van der Waals surface area (Å²) in [5, 5.41) is 8.84. The average Bonchev–Trinajstić information content (AvgIpc) is 2.70. The molecule has 4 aromatic rings. The van der Waals surface area contributed by atoms with Gasteiger partial charge < -0.3 is 10.1 Å². The minimum Gasteiger partial charge on any atom is -0.453 e. The lowest BCUT2D eigenvalue weighted by molar-refractivity contribution is 0.478. The van der Waals surface area contributed by atoms with Crippen molar-refractivity contribution in [1.29, 1.82) is 0 Å². The first-order valence-electron chi connectivity index (χ1n) is 8.33. The van der Waals surface area contributed by atoms with Gasteiger partial charge in [0, 0.05) is 17.3 Å². The molecule has 0 radical (unpaired) electrons. The van der Waals surface area contributed by atoms with Crippen LogP contribution < -0.4 is 15.2 Å². The number of para-hydroxylation sites is 1. The second-order valence-corrected chi connectivity index (χ2v) is 7.56. The molecule has 0 bridgehead atoms. The number of fused-ring (bicyclic) bond motifs is 1. The summed E-state index contributed by atoms with van der Waals surface area (Å²) in [7, 11) is -3.76. The van der Waals surface area contributed by atoms with Gasteiger partial charge in [0.05, 0.1) is 11.1 Å². The number of pyridine rings is 1. The predicted molar refractivity (Wildman–Crippen MR) is 105 cm³/mol. The van der Waals surface area contributed by atoms with Crippen molar-refractivity contribution in [3.05, 3.63) is 72.9 Å². The maximum atomic E-state index is 13.0. The highest BCUT2D eigenvalue weighted by Crippen LogP contribution is 2.29. The molecule has 0 aliphatic heterocycles. The normalized spacial score (nSPS) is 11.4. The van der Waals surface area contributed by atoms with E-state index < -0.39 is 16.0 Å². The Bertz CT molecular complexity index is 1280. The molecule has 0 saturated heterocycles. The standard InChI is InChI=1S/C19H14FN5O3S/c20-17-9-6-14(11-22-17)28-16-3-1-2-12-10-23-19(25-18(12)16)24-13-4-7-15(8-5-13)29(21,26)27/h1-11H,(H2,21,26,27)(H,23,24,25). The first-order valence-corrected chi connectivity index (χ1v) is 9.88. The number of benzene rings is 2. The Morgan fingerprint density at radius 1 is 0.966 bits per heavy atom. The summed E-state index contributed by atoms with van der Waals surface area (Å²) in [6.45, 7) is 0. The molecule has 29 heavy (non-hydrogen) atoms. The molecular weight excluding hydrogens is 397 g/mol. The molecule has 4 rings (SSSR count). The van der Waals surface area contributed by atoms with Crippen LogP contribution in [0.2, 0.25) is 0 Å². The first kappa shape index (κ1) is 18.7. The van der Waals surface area contributed by atoms with Crippen molar-refractivity contribution in [2.24, 2.45) is 5.14 Å². The van der Waals surface area contributed by atoms with Gasteiger partial charge in [-0.1, -0.05) is 12.1 Å². The maximum Gasteiger partial charge on any atom is 0.238 e. The molecule has 2 aromatic carbocycles. The van der Waals surface area contributed by atoms with Gasteiger partial charge in [-0.3, -0.25) is 0 Å². The van der Waals surface area contributed by atoms with E-state index in [1.807, 2.05) is 6.07 Å². The van der Waals surface area contributed by atoms with Crippen LogP contribution in [0.3, 0.4) is 0 Å². The van der Waals surface area contributed by atoms with Crippen LogP contribution in [-0.4, -0.2) is 23.4 Å². The molecule has 2 aromatic heterocycles. The van der Waals surface area contributed by atoms with E-state index >= 15 is 0 Å². The van der Waals surface area contributed by atoms with E-state index in [4.69, 9.17) is 9.88 Å². The van der Waals surface area contributed by atoms with Crippen molar-refractivity contribution in [2.75, 3.05) is 5.32 Å². The summed E-state index contributed by atoms with van der Waals surface area (Å²) in [6.07, 6.45) is 2.90. The highest BCUT2D eigenvalue weighted by Gasteiger charge is 2.10. The summed E-state index contributed by atoms with van der Waals surface area (Å²) in [5.74, 6) is 0.503. The molecule has 3 N–H and O–H groups in total. The van der Waals surface area contributed by atoms with E-state index in [9.17, 15) is 12.8 Å². The highest BCUT2D eigenvalue weighted by atomic mass is 32.2. The Balaban J connectivity index is 1.63. The van der Waals surface area contributed by atoms with Gasteiger partial charge in [0.15, 0.2) is 5.75 Å². The summed E-state index contributed by atoms with van der Waals surface area (Å²) < 4.78 is 41.5. The van der Waals surface area contributed by atoms with E-state index in [1.54, 1.807) is 30.5 Å². The number of sulfonamides is 1. The lowest BCUT2D eigenvalue weighted by Gasteiger charge is -2.10. The first-order chi connectivity index (χ1) is 13.9. The second-order valence-electron chi connectivity index (χ2n) is 6.00. The summed E-state index contributed by atoms with van der Waals surface area (Å²) in [5.41, 5.74) is 1.12. The third kappa shape index (κ3) is 4.28. The van der Waals surface area contributed by atoms with Crippen molar-refractivity contribution in [3.63, 3.8) is 0 Å². The van der Waals surface area contributed by atoms with E-state index in [1.165, 1.54) is 30.5 Å². The Kier molecular flexibility index (Phi) is 4.79. The minimum absolute atomic E-state index is 0.00562. The SMILES string of the molecule is NS(=O)(=O)c1ccc(Nc2ncc3cccc(Oc4ccc(F)nc4)c3n2)cc1. The van der Waals surface area contributed by atoms with Gasteiger partial charge in [0.25, 0.3) is 0 Å².